The normalized spacial score (nSPS) is 11.5. The Morgan fingerprint density at radius 1 is 1.08 bits per heavy atom. The molecule has 0 aliphatic carbocycles. The molecule has 0 radical (unpaired) electrons. The van der Waals surface area contributed by atoms with Gasteiger partial charge in [-0.25, -0.2) is 8.42 Å². The van der Waals surface area contributed by atoms with E-state index in [1.54, 1.807) is 49.7 Å². The molecule has 3 aromatic rings. The summed E-state index contributed by atoms with van der Waals surface area (Å²) in [6.45, 7) is 0.528. The second-order valence-electron chi connectivity index (χ2n) is 5.36. The molecular weight excluding hydrogens is 324 g/mol. The van der Waals surface area contributed by atoms with Gasteiger partial charge in [0.1, 0.15) is 0 Å². The molecule has 0 amide bonds. The van der Waals surface area contributed by atoms with Gasteiger partial charge in [0.2, 0.25) is 0 Å². The molecule has 5 nitrogen and oxygen atoms in total. The molecule has 0 saturated carbocycles. The molecule has 0 atom stereocenters. The first-order chi connectivity index (χ1) is 11.6. The average molecular weight is 342 g/mol. The van der Waals surface area contributed by atoms with Crippen LogP contribution >= 0.6 is 0 Å². The highest BCUT2D eigenvalue weighted by atomic mass is 32.2. The average Bonchev–Trinajstić information content (AvgIpc) is 2.60. The minimum absolute atomic E-state index is 0.213. The number of aromatic nitrogens is 1. The van der Waals surface area contributed by atoms with Crippen LogP contribution < -0.4 is 4.72 Å². The van der Waals surface area contributed by atoms with E-state index in [4.69, 9.17) is 4.74 Å². The number of fused-ring (bicyclic) bond motifs is 1. The summed E-state index contributed by atoms with van der Waals surface area (Å²) in [7, 11) is -2.05. The van der Waals surface area contributed by atoms with Crippen molar-refractivity contribution in [2.75, 3.05) is 18.4 Å². The van der Waals surface area contributed by atoms with Gasteiger partial charge in [-0.15, -0.1) is 0 Å². The van der Waals surface area contributed by atoms with E-state index in [1.165, 1.54) is 0 Å². The Morgan fingerprint density at radius 3 is 2.75 bits per heavy atom. The number of sulfonamides is 1. The third kappa shape index (κ3) is 3.55. The summed E-state index contributed by atoms with van der Waals surface area (Å²) in [5.41, 5.74) is 2.23. The standard InChI is InChI=1S/C18H18N2O3S/c1-23-12-10-14-5-2-3-7-18(14)20-24(21,22)16-8-9-17-15(13-16)6-4-11-19-17/h2-9,11,13,20H,10,12H2,1H3. The highest BCUT2D eigenvalue weighted by Gasteiger charge is 2.16. The number of nitrogens with zero attached hydrogens (tertiary/aromatic N) is 1. The van der Waals surface area contributed by atoms with Gasteiger partial charge in [0.25, 0.3) is 10.0 Å². The predicted octanol–water partition coefficient (Wildman–Crippen LogP) is 3.22. The summed E-state index contributed by atoms with van der Waals surface area (Å²) in [5, 5.41) is 0.785. The van der Waals surface area contributed by atoms with Crippen molar-refractivity contribution in [1.29, 1.82) is 0 Å². The maximum Gasteiger partial charge on any atom is 0.261 e. The zero-order valence-electron chi connectivity index (χ0n) is 13.3. The molecule has 0 aliphatic heterocycles. The minimum atomic E-state index is -3.67. The fourth-order valence-corrected chi connectivity index (χ4v) is 3.61. The molecule has 0 fully saturated rings. The fourth-order valence-electron chi connectivity index (χ4n) is 2.47. The molecule has 0 aliphatic rings. The van der Waals surface area contributed by atoms with Gasteiger partial charge in [0.15, 0.2) is 0 Å². The van der Waals surface area contributed by atoms with Crippen molar-refractivity contribution in [2.45, 2.75) is 11.3 Å². The van der Waals surface area contributed by atoms with Crippen LogP contribution in [0.5, 0.6) is 0 Å². The van der Waals surface area contributed by atoms with E-state index in [0.717, 1.165) is 16.5 Å². The summed E-state index contributed by atoms with van der Waals surface area (Å²) in [4.78, 5) is 4.42. The molecule has 0 saturated heterocycles. The fraction of sp³-hybridized carbons (Fsp3) is 0.167. The molecule has 6 heteroatoms. The minimum Gasteiger partial charge on any atom is -0.384 e. The van der Waals surface area contributed by atoms with Crippen LogP contribution in [0.25, 0.3) is 10.9 Å². The summed E-state index contributed by atoms with van der Waals surface area (Å²) in [6, 6.07) is 15.9. The Bertz CT molecular complexity index is 955. The van der Waals surface area contributed by atoms with Crippen LogP contribution in [0.2, 0.25) is 0 Å². The number of benzene rings is 2. The second kappa shape index (κ2) is 6.98. The van der Waals surface area contributed by atoms with Crippen molar-refractivity contribution < 1.29 is 13.2 Å². The molecule has 0 spiro atoms. The molecule has 0 bridgehead atoms. The zero-order valence-corrected chi connectivity index (χ0v) is 14.1. The van der Waals surface area contributed by atoms with Gasteiger partial charge < -0.3 is 4.74 Å². The lowest BCUT2D eigenvalue weighted by molar-refractivity contribution is 0.202. The van der Waals surface area contributed by atoms with Crippen molar-refractivity contribution in [3.63, 3.8) is 0 Å². The van der Waals surface area contributed by atoms with Crippen LogP contribution in [0, 0.1) is 0 Å². The van der Waals surface area contributed by atoms with E-state index >= 15 is 0 Å². The molecule has 1 N–H and O–H groups in total. The van der Waals surface area contributed by atoms with Crippen molar-refractivity contribution in [3.05, 3.63) is 66.4 Å². The van der Waals surface area contributed by atoms with Crippen LogP contribution in [0.1, 0.15) is 5.56 Å². The van der Waals surface area contributed by atoms with E-state index in [2.05, 4.69) is 9.71 Å². The van der Waals surface area contributed by atoms with Crippen LogP contribution in [-0.4, -0.2) is 27.1 Å². The van der Waals surface area contributed by atoms with Gasteiger partial charge in [-0.3, -0.25) is 9.71 Å². The van der Waals surface area contributed by atoms with Crippen molar-refractivity contribution in [3.8, 4) is 0 Å². The number of hydrogen-bond acceptors (Lipinski definition) is 4. The van der Waals surface area contributed by atoms with E-state index in [0.29, 0.717) is 18.7 Å². The number of pyridine rings is 1. The van der Waals surface area contributed by atoms with E-state index in [-0.39, 0.29) is 4.90 Å². The number of nitrogens with one attached hydrogen (secondary N) is 1. The smallest absolute Gasteiger partial charge is 0.261 e. The Labute approximate surface area is 141 Å². The zero-order chi connectivity index (χ0) is 17.0. The van der Waals surface area contributed by atoms with Gasteiger partial charge in [-0.1, -0.05) is 24.3 Å². The van der Waals surface area contributed by atoms with E-state index in [1.807, 2.05) is 18.2 Å². The Hall–Kier alpha value is -2.44. The van der Waals surface area contributed by atoms with Gasteiger partial charge in [-0.2, -0.15) is 0 Å². The highest BCUT2D eigenvalue weighted by molar-refractivity contribution is 7.92. The van der Waals surface area contributed by atoms with Crippen molar-refractivity contribution in [1.82, 2.24) is 4.98 Å². The monoisotopic (exact) mass is 342 g/mol. The SMILES string of the molecule is COCCc1ccccc1NS(=O)(=O)c1ccc2ncccc2c1. The molecule has 1 heterocycles. The molecule has 24 heavy (non-hydrogen) atoms. The highest BCUT2D eigenvalue weighted by Crippen LogP contribution is 2.23. The number of methoxy groups -OCH3 is 1. The molecule has 3 rings (SSSR count). The number of rotatable bonds is 6. The maximum atomic E-state index is 12.7. The molecule has 0 unspecified atom stereocenters. The third-order valence-electron chi connectivity index (χ3n) is 3.72. The van der Waals surface area contributed by atoms with Gasteiger partial charge in [-0.05, 0) is 42.3 Å². The van der Waals surface area contributed by atoms with E-state index < -0.39 is 10.0 Å². The first-order valence-electron chi connectivity index (χ1n) is 7.54. The molecular formula is C18H18N2O3S. The summed E-state index contributed by atoms with van der Waals surface area (Å²) < 4.78 is 33.2. The lowest BCUT2D eigenvalue weighted by atomic mass is 10.1. The number of para-hydroxylation sites is 1. The largest absolute Gasteiger partial charge is 0.384 e. The second-order valence-corrected chi connectivity index (χ2v) is 7.05. The molecule has 2 aromatic carbocycles. The Balaban J connectivity index is 1.93. The molecule has 124 valence electrons. The lowest BCUT2D eigenvalue weighted by Gasteiger charge is -2.13. The van der Waals surface area contributed by atoms with Gasteiger partial charge in [0.05, 0.1) is 22.7 Å². The summed E-state index contributed by atoms with van der Waals surface area (Å²) in [5.74, 6) is 0. The summed E-state index contributed by atoms with van der Waals surface area (Å²) >= 11 is 0. The molecule has 1 aromatic heterocycles. The van der Waals surface area contributed by atoms with Crippen LogP contribution in [-0.2, 0) is 21.2 Å². The van der Waals surface area contributed by atoms with Gasteiger partial charge >= 0.3 is 0 Å². The van der Waals surface area contributed by atoms with Crippen molar-refractivity contribution in [2.24, 2.45) is 0 Å². The number of ether oxygens (including phenoxy) is 1. The third-order valence-corrected chi connectivity index (χ3v) is 5.09. The van der Waals surface area contributed by atoms with Crippen molar-refractivity contribution >= 4 is 26.6 Å². The Kier molecular flexibility index (Phi) is 4.78. The first-order valence-corrected chi connectivity index (χ1v) is 9.03. The number of hydrogen-bond donors (Lipinski definition) is 1. The number of anilines is 1. The topological polar surface area (TPSA) is 68.3 Å². The van der Waals surface area contributed by atoms with Crippen LogP contribution in [0.15, 0.2) is 65.7 Å². The lowest BCUT2D eigenvalue weighted by Crippen LogP contribution is -2.14. The quantitative estimate of drug-likeness (QED) is 0.747. The summed E-state index contributed by atoms with van der Waals surface area (Å²) in [6.07, 6.45) is 2.32. The van der Waals surface area contributed by atoms with Crippen LogP contribution in [0.4, 0.5) is 5.69 Å². The van der Waals surface area contributed by atoms with E-state index in [9.17, 15) is 8.42 Å². The van der Waals surface area contributed by atoms with Crippen LogP contribution in [0.3, 0.4) is 0 Å². The Morgan fingerprint density at radius 2 is 1.92 bits per heavy atom. The first kappa shape index (κ1) is 16.4. The van der Waals surface area contributed by atoms with Gasteiger partial charge in [0, 0.05) is 18.7 Å². The maximum absolute atomic E-state index is 12.7. The predicted molar refractivity (Wildman–Crippen MR) is 94.6 cm³/mol.